The lowest BCUT2D eigenvalue weighted by Crippen LogP contribution is -2.42. The monoisotopic (exact) mass is 227 g/mol. The number of hydrogen-bond acceptors (Lipinski definition) is 4. The maximum atomic E-state index is 5.69. The first kappa shape index (κ1) is 13.3. The quantitative estimate of drug-likeness (QED) is 0.720. The summed E-state index contributed by atoms with van der Waals surface area (Å²) in [7, 11) is 0. The molecule has 0 bridgehead atoms. The molecular formula is C12H25N3O. The van der Waals surface area contributed by atoms with Crippen molar-refractivity contribution in [3.05, 3.63) is 0 Å². The number of nitrogens with one attached hydrogen (secondary N) is 2. The SMILES string of the molecule is CCOC(CCNC1=NCCCN1)C(C)C. The summed E-state index contributed by atoms with van der Waals surface area (Å²) in [5, 5.41) is 6.58. The lowest BCUT2D eigenvalue weighted by molar-refractivity contribution is 0.0258. The highest BCUT2D eigenvalue weighted by atomic mass is 16.5. The molecule has 4 nitrogen and oxygen atoms in total. The fraction of sp³-hybridized carbons (Fsp3) is 0.917. The molecule has 2 N–H and O–H groups in total. The van der Waals surface area contributed by atoms with E-state index in [0.29, 0.717) is 12.0 Å². The predicted molar refractivity (Wildman–Crippen MR) is 67.8 cm³/mol. The molecule has 0 aromatic heterocycles. The van der Waals surface area contributed by atoms with E-state index in [9.17, 15) is 0 Å². The zero-order chi connectivity index (χ0) is 11.8. The second kappa shape index (κ2) is 7.49. The molecule has 0 radical (unpaired) electrons. The van der Waals surface area contributed by atoms with Crippen molar-refractivity contribution >= 4 is 5.96 Å². The van der Waals surface area contributed by atoms with Crippen molar-refractivity contribution in [1.29, 1.82) is 0 Å². The third-order valence-corrected chi connectivity index (χ3v) is 2.74. The summed E-state index contributed by atoms with van der Waals surface area (Å²) >= 11 is 0. The summed E-state index contributed by atoms with van der Waals surface area (Å²) in [6, 6.07) is 0. The van der Waals surface area contributed by atoms with E-state index in [1.807, 2.05) is 0 Å². The minimum absolute atomic E-state index is 0.349. The molecule has 0 aromatic carbocycles. The lowest BCUT2D eigenvalue weighted by Gasteiger charge is -2.22. The molecule has 0 saturated heterocycles. The highest BCUT2D eigenvalue weighted by Gasteiger charge is 2.13. The van der Waals surface area contributed by atoms with Gasteiger partial charge in [0.25, 0.3) is 0 Å². The Morgan fingerprint density at radius 2 is 2.31 bits per heavy atom. The predicted octanol–water partition coefficient (Wildman–Crippen LogP) is 1.38. The summed E-state index contributed by atoms with van der Waals surface area (Å²) in [6.07, 6.45) is 2.52. The van der Waals surface area contributed by atoms with Gasteiger partial charge in [-0.25, -0.2) is 0 Å². The summed E-state index contributed by atoms with van der Waals surface area (Å²) < 4.78 is 5.69. The molecular weight excluding hydrogens is 202 g/mol. The van der Waals surface area contributed by atoms with Gasteiger partial charge in [-0.15, -0.1) is 0 Å². The van der Waals surface area contributed by atoms with E-state index < -0.39 is 0 Å². The van der Waals surface area contributed by atoms with Gasteiger partial charge in [-0.3, -0.25) is 4.99 Å². The number of guanidine groups is 1. The van der Waals surface area contributed by atoms with Gasteiger partial charge in [0.15, 0.2) is 5.96 Å². The van der Waals surface area contributed by atoms with E-state index in [1.54, 1.807) is 0 Å². The maximum absolute atomic E-state index is 5.69. The Kier molecular flexibility index (Phi) is 6.23. The van der Waals surface area contributed by atoms with Crippen LogP contribution in [-0.2, 0) is 4.74 Å². The molecule has 0 aliphatic carbocycles. The molecule has 1 rings (SSSR count). The maximum Gasteiger partial charge on any atom is 0.191 e. The fourth-order valence-electron chi connectivity index (χ4n) is 1.81. The minimum atomic E-state index is 0.349. The summed E-state index contributed by atoms with van der Waals surface area (Å²) in [6.45, 7) is 10.2. The van der Waals surface area contributed by atoms with Crippen LogP contribution in [0, 0.1) is 5.92 Å². The van der Waals surface area contributed by atoms with Crippen molar-refractivity contribution in [3.8, 4) is 0 Å². The summed E-state index contributed by atoms with van der Waals surface area (Å²) in [5.74, 6) is 1.52. The normalized spacial score (nSPS) is 17.9. The van der Waals surface area contributed by atoms with Crippen LogP contribution in [0.1, 0.15) is 33.6 Å². The van der Waals surface area contributed by atoms with Gasteiger partial charge < -0.3 is 15.4 Å². The molecule has 94 valence electrons. The van der Waals surface area contributed by atoms with Gasteiger partial charge in [-0.05, 0) is 25.7 Å². The lowest BCUT2D eigenvalue weighted by atomic mass is 10.0. The van der Waals surface area contributed by atoms with Crippen LogP contribution in [0.25, 0.3) is 0 Å². The highest BCUT2D eigenvalue weighted by Crippen LogP contribution is 2.09. The van der Waals surface area contributed by atoms with E-state index >= 15 is 0 Å². The van der Waals surface area contributed by atoms with Crippen LogP contribution >= 0.6 is 0 Å². The van der Waals surface area contributed by atoms with Crippen LogP contribution in [0.3, 0.4) is 0 Å². The number of hydrogen-bond donors (Lipinski definition) is 2. The molecule has 16 heavy (non-hydrogen) atoms. The average Bonchev–Trinajstić information content (AvgIpc) is 2.29. The first-order valence-corrected chi connectivity index (χ1v) is 6.37. The Balaban J connectivity index is 2.19. The largest absolute Gasteiger partial charge is 0.378 e. The molecule has 0 saturated carbocycles. The third kappa shape index (κ3) is 4.84. The van der Waals surface area contributed by atoms with Gasteiger partial charge in [-0.1, -0.05) is 13.8 Å². The van der Waals surface area contributed by atoms with Gasteiger partial charge in [-0.2, -0.15) is 0 Å². The van der Waals surface area contributed by atoms with Gasteiger partial charge in [0.2, 0.25) is 0 Å². The van der Waals surface area contributed by atoms with Gasteiger partial charge in [0, 0.05) is 26.2 Å². The summed E-state index contributed by atoms with van der Waals surface area (Å²) in [4.78, 5) is 4.37. The molecule has 0 amide bonds. The molecule has 0 aromatic rings. The van der Waals surface area contributed by atoms with Crippen LogP contribution in [-0.4, -0.2) is 38.3 Å². The first-order chi connectivity index (χ1) is 7.74. The zero-order valence-electron chi connectivity index (χ0n) is 10.8. The van der Waals surface area contributed by atoms with Crippen molar-refractivity contribution < 1.29 is 4.74 Å². The van der Waals surface area contributed by atoms with Crippen LogP contribution in [0.2, 0.25) is 0 Å². The zero-order valence-corrected chi connectivity index (χ0v) is 10.8. The van der Waals surface area contributed by atoms with Gasteiger partial charge in [0.05, 0.1) is 6.10 Å². The van der Waals surface area contributed by atoms with Crippen molar-refractivity contribution in [1.82, 2.24) is 10.6 Å². The van der Waals surface area contributed by atoms with Gasteiger partial charge >= 0.3 is 0 Å². The number of aliphatic imine (C=N–C) groups is 1. The molecule has 1 atom stereocenters. The second-order valence-electron chi connectivity index (χ2n) is 4.46. The molecule has 0 fully saturated rings. The molecule has 1 unspecified atom stereocenters. The van der Waals surface area contributed by atoms with E-state index in [1.165, 1.54) is 0 Å². The Morgan fingerprint density at radius 3 is 2.88 bits per heavy atom. The molecule has 1 aliphatic rings. The van der Waals surface area contributed by atoms with E-state index in [0.717, 1.165) is 45.0 Å². The van der Waals surface area contributed by atoms with Crippen molar-refractivity contribution in [2.24, 2.45) is 10.9 Å². The average molecular weight is 227 g/mol. The minimum Gasteiger partial charge on any atom is -0.378 e. The number of nitrogens with zero attached hydrogens (tertiary/aromatic N) is 1. The van der Waals surface area contributed by atoms with Crippen LogP contribution < -0.4 is 10.6 Å². The molecule has 0 spiro atoms. The Bertz CT molecular complexity index is 216. The van der Waals surface area contributed by atoms with Crippen molar-refractivity contribution in [2.45, 2.75) is 39.7 Å². The Morgan fingerprint density at radius 1 is 1.50 bits per heavy atom. The standard InChI is InChI=1S/C12H25N3O/c1-4-16-11(10(2)3)6-9-15-12-13-7-5-8-14-12/h10-11H,4-9H2,1-3H3,(H2,13,14,15). The van der Waals surface area contributed by atoms with E-state index in [4.69, 9.17) is 4.74 Å². The molecule has 1 heterocycles. The van der Waals surface area contributed by atoms with Gasteiger partial charge in [0.1, 0.15) is 0 Å². The second-order valence-corrected chi connectivity index (χ2v) is 4.46. The number of ether oxygens (including phenoxy) is 1. The third-order valence-electron chi connectivity index (χ3n) is 2.74. The molecule has 1 aliphatic heterocycles. The Labute approximate surface area is 98.9 Å². The van der Waals surface area contributed by atoms with E-state index in [-0.39, 0.29) is 0 Å². The smallest absolute Gasteiger partial charge is 0.191 e. The Hall–Kier alpha value is -0.770. The topological polar surface area (TPSA) is 45.6 Å². The van der Waals surface area contributed by atoms with E-state index in [2.05, 4.69) is 36.4 Å². The molecule has 4 heteroatoms. The van der Waals surface area contributed by atoms with Crippen LogP contribution in [0.5, 0.6) is 0 Å². The first-order valence-electron chi connectivity index (χ1n) is 6.37. The van der Waals surface area contributed by atoms with Crippen LogP contribution in [0.15, 0.2) is 4.99 Å². The number of rotatable bonds is 6. The van der Waals surface area contributed by atoms with Crippen LogP contribution in [0.4, 0.5) is 0 Å². The van der Waals surface area contributed by atoms with Crippen molar-refractivity contribution in [2.75, 3.05) is 26.2 Å². The van der Waals surface area contributed by atoms with Crippen molar-refractivity contribution in [3.63, 3.8) is 0 Å². The fourth-order valence-corrected chi connectivity index (χ4v) is 1.81. The summed E-state index contributed by atoms with van der Waals surface area (Å²) in [5.41, 5.74) is 0. The highest BCUT2D eigenvalue weighted by molar-refractivity contribution is 5.80.